The first kappa shape index (κ1) is 11.5. The molecule has 17 heavy (non-hydrogen) atoms. The summed E-state index contributed by atoms with van der Waals surface area (Å²) < 4.78 is 4.50. The highest BCUT2D eigenvalue weighted by Gasteiger charge is 2.10. The minimum absolute atomic E-state index is 0.991. The molecule has 0 N–H and O–H groups in total. The molecule has 0 radical (unpaired) electrons. The highest BCUT2D eigenvalue weighted by Crippen LogP contribution is 2.26. The number of imidazole rings is 1. The quantitative estimate of drug-likeness (QED) is 0.513. The lowest BCUT2D eigenvalue weighted by Crippen LogP contribution is -1.85. The Kier molecular flexibility index (Phi) is 3.08. The fourth-order valence-corrected chi connectivity index (χ4v) is 2.96. The van der Waals surface area contributed by atoms with Crippen LogP contribution in [-0.4, -0.2) is 9.38 Å². The molecule has 0 saturated heterocycles. The molecule has 0 fully saturated rings. The van der Waals surface area contributed by atoms with E-state index in [4.69, 9.17) is 0 Å². The SMILES string of the molecule is Ic1ccc(-c2nc3ccccn3c2I)cc1. The van der Waals surface area contributed by atoms with E-state index in [0.717, 1.165) is 15.0 Å². The van der Waals surface area contributed by atoms with Crippen LogP contribution in [0, 0.1) is 7.27 Å². The van der Waals surface area contributed by atoms with E-state index in [2.05, 4.69) is 78.8 Å². The van der Waals surface area contributed by atoms with Crippen molar-refractivity contribution in [2.24, 2.45) is 0 Å². The van der Waals surface area contributed by atoms with E-state index in [1.807, 2.05) is 24.4 Å². The maximum Gasteiger partial charge on any atom is 0.138 e. The first-order valence-electron chi connectivity index (χ1n) is 5.14. The van der Waals surface area contributed by atoms with Crippen LogP contribution in [0.5, 0.6) is 0 Å². The first-order valence-corrected chi connectivity index (χ1v) is 7.30. The minimum Gasteiger partial charge on any atom is -0.294 e. The van der Waals surface area contributed by atoms with Gasteiger partial charge in [-0.2, -0.15) is 0 Å². The number of fused-ring (bicyclic) bond motifs is 1. The smallest absolute Gasteiger partial charge is 0.138 e. The average molecular weight is 446 g/mol. The summed E-state index contributed by atoms with van der Waals surface area (Å²) in [5.41, 5.74) is 3.21. The molecular weight excluding hydrogens is 438 g/mol. The second-order valence-corrected chi connectivity index (χ2v) is 5.95. The number of halogens is 2. The van der Waals surface area contributed by atoms with Crippen molar-refractivity contribution in [3.63, 3.8) is 0 Å². The second-order valence-electron chi connectivity index (χ2n) is 3.69. The second kappa shape index (κ2) is 4.56. The lowest BCUT2D eigenvalue weighted by Gasteiger charge is -1.98. The molecule has 2 heterocycles. The summed E-state index contributed by atoms with van der Waals surface area (Å²) in [6.45, 7) is 0. The van der Waals surface area contributed by atoms with Crippen molar-refractivity contribution in [3.8, 4) is 11.3 Å². The Morgan fingerprint density at radius 3 is 2.41 bits per heavy atom. The van der Waals surface area contributed by atoms with E-state index < -0.39 is 0 Å². The number of nitrogens with zero attached hydrogens (tertiary/aromatic N) is 2. The molecule has 84 valence electrons. The Hall–Kier alpha value is -0.630. The predicted octanol–water partition coefficient (Wildman–Crippen LogP) is 4.21. The Balaban J connectivity index is 2.24. The van der Waals surface area contributed by atoms with Crippen molar-refractivity contribution in [1.29, 1.82) is 0 Å². The van der Waals surface area contributed by atoms with Gasteiger partial charge in [-0.15, -0.1) is 0 Å². The molecule has 0 aliphatic heterocycles. The van der Waals surface area contributed by atoms with E-state index in [9.17, 15) is 0 Å². The van der Waals surface area contributed by atoms with Gasteiger partial charge < -0.3 is 0 Å². The van der Waals surface area contributed by atoms with Crippen molar-refractivity contribution in [2.45, 2.75) is 0 Å². The molecule has 0 aliphatic rings. The van der Waals surface area contributed by atoms with Crippen molar-refractivity contribution in [1.82, 2.24) is 9.38 Å². The Morgan fingerprint density at radius 1 is 0.941 bits per heavy atom. The van der Waals surface area contributed by atoms with E-state index in [1.54, 1.807) is 0 Å². The van der Waals surface area contributed by atoms with Gasteiger partial charge in [0.05, 0.1) is 0 Å². The van der Waals surface area contributed by atoms with Crippen LogP contribution in [0.4, 0.5) is 0 Å². The van der Waals surface area contributed by atoms with Crippen LogP contribution in [0.1, 0.15) is 0 Å². The van der Waals surface area contributed by atoms with Crippen LogP contribution in [0.2, 0.25) is 0 Å². The summed E-state index contributed by atoms with van der Waals surface area (Å²) in [6.07, 6.45) is 2.04. The zero-order valence-electron chi connectivity index (χ0n) is 8.77. The maximum atomic E-state index is 4.67. The minimum atomic E-state index is 0.991. The largest absolute Gasteiger partial charge is 0.294 e. The van der Waals surface area contributed by atoms with Gasteiger partial charge in [-0.3, -0.25) is 4.40 Å². The van der Waals surface area contributed by atoms with Crippen molar-refractivity contribution in [3.05, 3.63) is 55.9 Å². The van der Waals surface area contributed by atoms with Crippen LogP contribution in [-0.2, 0) is 0 Å². The third kappa shape index (κ3) is 2.08. The third-order valence-electron chi connectivity index (χ3n) is 2.59. The Morgan fingerprint density at radius 2 is 1.71 bits per heavy atom. The number of hydrogen-bond donors (Lipinski definition) is 0. The highest BCUT2D eigenvalue weighted by molar-refractivity contribution is 14.1. The summed E-state index contributed by atoms with van der Waals surface area (Å²) in [7, 11) is 0. The molecule has 2 aromatic heterocycles. The maximum absolute atomic E-state index is 4.67. The molecule has 2 nitrogen and oxygen atoms in total. The molecule has 0 spiro atoms. The van der Waals surface area contributed by atoms with Crippen LogP contribution in [0.15, 0.2) is 48.7 Å². The average Bonchev–Trinajstić information content (AvgIpc) is 2.69. The molecule has 0 amide bonds. The van der Waals surface area contributed by atoms with E-state index >= 15 is 0 Å². The predicted molar refractivity (Wildman–Crippen MR) is 86.1 cm³/mol. The first-order chi connectivity index (χ1) is 8.25. The summed E-state index contributed by atoms with van der Waals surface area (Å²) >= 11 is 4.66. The highest BCUT2D eigenvalue weighted by atomic mass is 127. The van der Waals surface area contributed by atoms with Crippen LogP contribution in [0.3, 0.4) is 0 Å². The van der Waals surface area contributed by atoms with Gasteiger partial charge in [0.2, 0.25) is 0 Å². The van der Waals surface area contributed by atoms with Gasteiger partial charge in [-0.05, 0) is 69.4 Å². The molecule has 0 bridgehead atoms. The Bertz CT molecular complexity index is 671. The molecule has 0 atom stereocenters. The molecule has 3 aromatic rings. The van der Waals surface area contributed by atoms with Crippen molar-refractivity contribution < 1.29 is 0 Å². The zero-order valence-corrected chi connectivity index (χ0v) is 13.1. The van der Waals surface area contributed by atoms with Gasteiger partial charge in [-0.1, -0.05) is 18.2 Å². The van der Waals surface area contributed by atoms with Gasteiger partial charge in [0.25, 0.3) is 0 Å². The lowest BCUT2D eigenvalue weighted by molar-refractivity contribution is 1.15. The van der Waals surface area contributed by atoms with Gasteiger partial charge in [0.1, 0.15) is 15.0 Å². The number of hydrogen-bond acceptors (Lipinski definition) is 1. The number of pyridine rings is 1. The molecular formula is C13H8I2N2. The topological polar surface area (TPSA) is 17.3 Å². The molecule has 1 aromatic carbocycles. The van der Waals surface area contributed by atoms with Crippen LogP contribution in [0.25, 0.3) is 16.9 Å². The number of benzene rings is 1. The standard InChI is InChI=1S/C13H8I2N2/c14-10-6-4-9(5-7-10)12-13(15)17-8-2-1-3-11(17)16-12/h1-8H. The summed E-state index contributed by atoms with van der Waals surface area (Å²) in [5, 5.41) is 0. The molecule has 0 aliphatic carbocycles. The van der Waals surface area contributed by atoms with Crippen molar-refractivity contribution in [2.75, 3.05) is 0 Å². The molecule has 0 unspecified atom stereocenters. The van der Waals surface area contributed by atoms with Gasteiger partial charge >= 0.3 is 0 Å². The summed E-state index contributed by atoms with van der Waals surface area (Å²) in [4.78, 5) is 4.67. The van der Waals surface area contributed by atoms with Gasteiger partial charge in [0, 0.05) is 15.3 Å². The van der Waals surface area contributed by atoms with Crippen LogP contribution < -0.4 is 0 Å². The Labute approximate surface area is 126 Å². The molecule has 4 heteroatoms. The monoisotopic (exact) mass is 446 g/mol. The summed E-state index contributed by atoms with van der Waals surface area (Å²) in [5.74, 6) is 0. The third-order valence-corrected chi connectivity index (χ3v) is 4.34. The fraction of sp³-hybridized carbons (Fsp3) is 0. The number of rotatable bonds is 1. The van der Waals surface area contributed by atoms with Crippen molar-refractivity contribution >= 4 is 50.8 Å². The van der Waals surface area contributed by atoms with E-state index in [0.29, 0.717) is 0 Å². The van der Waals surface area contributed by atoms with Gasteiger partial charge in [0.15, 0.2) is 0 Å². The van der Waals surface area contributed by atoms with Gasteiger partial charge in [-0.25, -0.2) is 4.98 Å². The zero-order chi connectivity index (χ0) is 11.8. The molecule has 3 rings (SSSR count). The van der Waals surface area contributed by atoms with Crippen LogP contribution >= 0.6 is 45.2 Å². The lowest BCUT2D eigenvalue weighted by atomic mass is 10.2. The number of aromatic nitrogens is 2. The van der Waals surface area contributed by atoms with E-state index in [1.165, 1.54) is 9.13 Å². The normalized spacial score (nSPS) is 10.9. The summed E-state index contributed by atoms with van der Waals surface area (Å²) in [6, 6.07) is 14.5. The van der Waals surface area contributed by atoms with E-state index in [-0.39, 0.29) is 0 Å². The molecule has 0 saturated carbocycles. The fourth-order valence-electron chi connectivity index (χ4n) is 1.76.